The average Bonchev–Trinajstić information content (AvgIpc) is 2.38. The van der Waals surface area contributed by atoms with Gasteiger partial charge < -0.3 is 11.1 Å². The summed E-state index contributed by atoms with van der Waals surface area (Å²) in [7, 11) is 0. The van der Waals surface area contributed by atoms with E-state index in [1.165, 1.54) is 18.4 Å². The quantitative estimate of drug-likeness (QED) is 0.770. The SMILES string of the molecule is N#Cc1cc2c(nc1NCCCN)CCCC2. The summed E-state index contributed by atoms with van der Waals surface area (Å²) < 4.78 is 0. The predicted octanol–water partition coefficient (Wildman–Crippen LogP) is 1.59. The van der Waals surface area contributed by atoms with E-state index in [1.807, 2.05) is 6.07 Å². The largest absolute Gasteiger partial charge is 0.369 e. The minimum Gasteiger partial charge on any atom is -0.369 e. The number of fused-ring (bicyclic) bond motifs is 1. The van der Waals surface area contributed by atoms with Crippen LogP contribution in [0.3, 0.4) is 0 Å². The summed E-state index contributed by atoms with van der Waals surface area (Å²) in [6.07, 6.45) is 5.39. The Morgan fingerprint density at radius 3 is 3.00 bits per heavy atom. The molecule has 0 saturated carbocycles. The average molecular weight is 230 g/mol. The highest BCUT2D eigenvalue weighted by molar-refractivity contribution is 5.54. The third kappa shape index (κ3) is 2.75. The third-order valence-corrected chi connectivity index (χ3v) is 3.09. The lowest BCUT2D eigenvalue weighted by atomic mass is 9.95. The highest BCUT2D eigenvalue weighted by Crippen LogP contribution is 2.24. The fourth-order valence-corrected chi connectivity index (χ4v) is 2.16. The number of nitriles is 1. The standard InChI is InChI=1S/C13H18N4/c14-6-3-7-16-13-11(9-15)8-10-4-1-2-5-12(10)17-13/h8H,1-7,14H2,(H,16,17). The molecular formula is C13H18N4. The molecule has 4 nitrogen and oxygen atoms in total. The highest BCUT2D eigenvalue weighted by Gasteiger charge is 2.14. The van der Waals surface area contributed by atoms with Crippen LogP contribution in [0.1, 0.15) is 36.1 Å². The van der Waals surface area contributed by atoms with Crippen molar-refractivity contribution in [2.45, 2.75) is 32.1 Å². The van der Waals surface area contributed by atoms with Gasteiger partial charge in [-0.15, -0.1) is 0 Å². The van der Waals surface area contributed by atoms with Crippen LogP contribution in [0.5, 0.6) is 0 Å². The van der Waals surface area contributed by atoms with Gasteiger partial charge in [0.15, 0.2) is 0 Å². The van der Waals surface area contributed by atoms with Crippen molar-refractivity contribution in [3.8, 4) is 6.07 Å². The van der Waals surface area contributed by atoms with Gasteiger partial charge in [-0.05, 0) is 50.3 Å². The van der Waals surface area contributed by atoms with Crippen molar-refractivity contribution in [1.82, 2.24) is 4.98 Å². The van der Waals surface area contributed by atoms with Gasteiger partial charge in [0.25, 0.3) is 0 Å². The number of aryl methyl sites for hydroxylation is 2. The molecule has 1 heterocycles. The van der Waals surface area contributed by atoms with Crippen LogP contribution in [-0.2, 0) is 12.8 Å². The number of rotatable bonds is 4. The molecule has 0 bridgehead atoms. The summed E-state index contributed by atoms with van der Waals surface area (Å²) in [6, 6.07) is 4.21. The number of nitrogens with two attached hydrogens (primary N) is 1. The Balaban J connectivity index is 2.21. The van der Waals surface area contributed by atoms with Gasteiger partial charge in [-0.2, -0.15) is 5.26 Å². The molecule has 1 aliphatic carbocycles. The zero-order valence-electron chi connectivity index (χ0n) is 10.00. The number of nitrogens with zero attached hydrogens (tertiary/aromatic N) is 2. The van der Waals surface area contributed by atoms with Crippen molar-refractivity contribution < 1.29 is 0 Å². The zero-order chi connectivity index (χ0) is 12.1. The molecule has 0 unspecified atom stereocenters. The molecule has 4 heteroatoms. The van der Waals surface area contributed by atoms with Crippen molar-refractivity contribution in [2.75, 3.05) is 18.4 Å². The smallest absolute Gasteiger partial charge is 0.144 e. The lowest BCUT2D eigenvalue weighted by molar-refractivity contribution is 0.667. The van der Waals surface area contributed by atoms with E-state index in [0.29, 0.717) is 12.1 Å². The van der Waals surface area contributed by atoms with Gasteiger partial charge in [-0.25, -0.2) is 4.98 Å². The Labute approximate surface area is 102 Å². The van der Waals surface area contributed by atoms with Crippen LogP contribution in [0, 0.1) is 11.3 Å². The molecular weight excluding hydrogens is 212 g/mol. The van der Waals surface area contributed by atoms with Crippen LogP contribution in [0.25, 0.3) is 0 Å². The molecule has 2 rings (SSSR count). The van der Waals surface area contributed by atoms with E-state index in [4.69, 9.17) is 11.0 Å². The molecule has 0 aromatic carbocycles. The van der Waals surface area contributed by atoms with E-state index in [2.05, 4.69) is 16.4 Å². The second-order valence-corrected chi connectivity index (χ2v) is 4.38. The fourth-order valence-electron chi connectivity index (χ4n) is 2.16. The van der Waals surface area contributed by atoms with Gasteiger partial charge in [-0.3, -0.25) is 0 Å². The van der Waals surface area contributed by atoms with Gasteiger partial charge in [-0.1, -0.05) is 0 Å². The number of aromatic nitrogens is 1. The van der Waals surface area contributed by atoms with Crippen molar-refractivity contribution in [3.05, 3.63) is 22.9 Å². The zero-order valence-corrected chi connectivity index (χ0v) is 10.00. The van der Waals surface area contributed by atoms with Gasteiger partial charge in [0, 0.05) is 12.2 Å². The number of pyridine rings is 1. The molecule has 0 atom stereocenters. The summed E-state index contributed by atoms with van der Waals surface area (Å²) in [6.45, 7) is 1.43. The monoisotopic (exact) mass is 230 g/mol. The minimum absolute atomic E-state index is 0.653. The summed E-state index contributed by atoms with van der Waals surface area (Å²) in [5.74, 6) is 0.724. The first-order chi connectivity index (χ1) is 8.35. The summed E-state index contributed by atoms with van der Waals surface area (Å²) in [5.41, 5.74) is 8.51. The van der Waals surface area contributed by atoms with Crippen LogP contribution < -0.4 is 11.1 Å². The number of hydrogen-bond donors (Lipinski definition) is 2. The maximum atomic E-state index is 9.12. The Kier molecular flexibility index (Phi) is 3.94. The first-order valence-corrected chi connectivity index (χ1v) is 6.22. The summed E-state index contributed by atoms with van der Waals surface area (Å²) in [4.78, 5) is 4.58. The Hall–Kier alpha value is -1.60. The van der Waals surface area contributed by atoms with Crippen molar-refractivity contribution >= 4 is 5.82 Å². The second-order valence-electron chi connectivity index (χ2n) is 4.38. The second kappa shape index (κ2) is 5.65. The van der Waals surface area contributed by atoms with Crippen molar-refractivity contribution in [2.24, 2.45) is 5.73 Å². The van der Waals surface area contributed by atoms with Crippen LogP contribution in [-0.4, -0.2) is 18.1 Å². The normalized spacial score (nSPS) is 13.9. The Morgan fingerprint density at radius 1 is 1.41 bits per heavy atom. The van der Waals surface area contributed by atoms with Crippen LogP contribution >= 0.6 is 0 Å². The van der Waals surface area contributed by atoms with Crippen molar-refractivity contribution in [3.63, 3.8) is 0 Å². The molecule has 0 spiro atoms. The van der Waals surface area contributed by atoms with Crippen LogP contribution in [0.4, 0.5) is 5.82 Å². The topological polar surface area (TPSA) is 74.7 Å². The molecule has 0 saturated heterocycles. The number of anilines is 1. The molecule has 3 N–H and O–H groups in total. The molecule has 90 valence electrons. The minimum atomic E-state index is 0.653. The van der Waals surface area contributed by atoms with Crippen LogP contribution in [0.2, 0.25) is 0 Å². The third-order valence-electron chi connectivity index (χ3n) is 3.09. The van der Waals surface area contributed by atoms with E-state index < -0.39 is 0 Å². The van der Waals surface area contributed by atoms with Gasteiger partial charge in [0.05, 0.1) is 5.56 Å². The van der Waals surface area contributed by atoms with Crippen LogP contribution in [0.15, 0.2) is 6.07 Å². The van der Waals surface area contributed by atoms with E-state index in [9.17, 15) is 0 Å². The number of hydrogen-bond acceptors (Lipinski definition) is 4. The lowest BCUT2D eigenvalue weighted by Crippen LogP contribution is -2.13. The first kappa shape index (κ1) is 11.9. The molecule has 0 fully saturated rings. The number of nitrogens with one attached hydrogen (secondary N) is 1. The molecule has 0 aliphatic heterocycles. The molecule has 0 radical (unpaired) electrons. The van der Waals surface area contributed by atoms with E-state index in [-0.39, 0.29) is 0 Å². The maximum Gasteiger partial charge on any atom is 0.144 e. The molecule has 0 amide bonds. The lowest BCUT2D eigenvalue weighted by Gasteiger charge is -2.17. The van der Waals surface area contributed by atoms with Gasteiger partial charge in [0.2, 0.25) is 0 Å². The Bertz CT molecular complexity index is 434. The fraction of sp³-hybridized carbons (Fsp3) is 0.538. The summed E-state index contributed by atoms with van der Waals surface area (Å²) >= 11 is 0. The summed E-state index contributed by atoms with van der Waals surface area (Å²) in [5, 5.41) is 12.3. The predicted molar refractivity (Wildman–Crippen MR) is 67.8 cm³/mol. The van der Waals surface area contributed by atoms with E-state index in [1.54, 1.807) is 0 Å². The highest BCUT2D eigenvalue weighted by atomic mass is 15.0. The molecule has 1 aromatic heterocycles. The van der Waals surface area contributed by atoms with Gasteiger partial charge >= 0.3 is 0 Å². The van der Waals surface area contributed by atoms with Crippen molar-refractivity contribution in [1.29, 1.82) is 5.26 Å². The molecule has 1 aliphatic rings. The van der Waals surface area contributed by atoms with Gasteiger partial charge in [0.1, 0.15) is 11.9 Å². The maximum absolute atomic E-state index is 9.12. The molecule has 17 heavy (non-hydrogen) atoms. The van der Waals surface area contributed by atoms with E-state index >= 15 is 0 Å². The Morgan fingerprint density at radius 2 is 2.24 bits per heavy atom. The molecule has 1 aromatic rings. The van der Waals surface area contributed by atoms with E-state index in [0.717, 1.165) is 37.3 Å². The first-order valence-electron chi connectivity index (χ1n) is 6.22.